The van der Waals surface area contributed by atoms with Gasteiger partial charge in [-0.1, -0.05) is 19.9 Å². The summed E-state index contributed by atoms with van der Waals surface area (Å²) in [5.41, 5.74) is 0. The fourth-order valence-electron chi connectivity index (χ4n) is 3.43. The molecule has 0 spiro atoms. The highest BCUT2D eigenvalue weighted by Gasteiger charge is 2.41. The van der Waals surface area contributed by atoms with E-state index in [1.165, 1.54) is 17.7 Å². The van der Waals surface area contributed by atoms with Crippen molar-refractivity contribution >= 4 is 11.3 Å². The third kappa shape index (κ3) is 3.59. The highest BCUT2D eigenvalue weighted by atomic mass is 32.1. The van der Waals surface area contributed by atoms with Gasteiger partial charge in [0.05, 0.1) is 12.2 Å². The quantitative estimate of drug-likeness (QED) is 0.858. The molecule has 5 atom stereocenters. The molecule has 0 amide bonds. The summed E-state index contributed by atoms with van der Waals surface area (Å²) in [5.74, 6) is 1.28. The van der Waals surface area contributed by atoms with Crippen molar-refractivity contribution in [1.82, 2.24) is 5.32 Å². The fourth-order valence-corrected chi connectivity index (χ4v) is 4.16. The molecule has 0 aromatic carbocycles. The molecule has 0 aliphatic carbocycles. The number of thiophene rings is 1. The largest absolute Gasteiger partial charge is 0.375 e. The van der Waals surface area contributed by atoms with Gasteiger partial charge in [0.15, 0.2) is 0 Å². The minimum atomic E-state index is 0.373. The van der Waals surface area contributed by atoms with Gasteiger partial charge in [0.2, 0.25) is 0 Å². The van der Waals surface area contributed by atoms with E-state index in [2.05, 4.69) is 50.5 Å². The SMILES string of the molecule is CCNC(CCc1cccs1)C1C(C)OC(C)C1C. The molecule has 1 aromatic heterocycles. The predicted octanol–water partition coefficient (Wildman–Crippen LogP) is 3.72. The van der Waals surface area contributed by atoms with Crippen LogP contribution in [0.4, 0.5) is 0 Å². The molecular formula is C16H27NOS. The maximum Gasteiger partial charge on any atom is 0.0597 e. The van der Waals surface area contributed by atoms with Gasteiger partial charge in [-0.05, 0) is 50.6 Å². The van der Waals surface area contributed by atoms with Crippen molar-refractivity contribution in [1.29, 1.82) is 0 Å². The Morgan fingerprint density at radius 3 is 2.63 bits per heavy atom. The molecule has 19 heavy (non-hydrogen) atoms. The molecule has 1 aliphatic rings. The number of aryl methyl sites for hydroxylation is 1. The summed E-state index contributed by atoms with van der Waals surface area (Å²) >= 11 is 1.87. The molecule has 2 nitrogen and oxygen atoms in total. The monoisotopic (exact) mass is 281 g/mol. The lowest BCUT2D eigenvalue weighted by Crippen LogP contribution is -2.42. The average Bonchev–Trinajstić information content (AvgIpc) is 2.96. The third-order valence-electron chi connectivity index (χ3n) is 4.53. The number of hydrogen-bond donors (Lipinski definition) is 1. The van der Waals surface area contributed by atoms with Gasteiger partial charge in [-0.25, -0.2) is 0 Å². The molecule has 2 heterocycles. The van der Waals surface area contributed by atoms with Crippen LogP contribution in [0.15, 0.2) is 17.5 Å². The Kier molecular flexibility index (Phi) is 5.43. The molecule has 108 valence electrons. The van der Waals surface area contributed by atoms with Gasteiger partial charge in [0.1, 0.15) is 0 Å². The lowest BCUT2D eigenvalue weighted by molar-refractivity contribution is 0.0473. The Morgan fingerprint density at radius 2 is 2.11 bits per heavy atom. The summed E-state index contributed by atoms with van der Waals surface area (Å²) in [6.45, 7) is 10.0. The van der Waals surface area contributed by atoms with Crippen LogP contribution in [0.3, 0.4) is 0 Å². The van der Waals surface area contributed by atoms with E-state index >= 15 is 0 Å². The number of ether oxygens (including phenoxy) is 1. The molecule has 1 saturated heterocycles. The van der Waals surface area contributed by atoms with E-state index in [9.17, 15) is 0 Å². The Balaban J connectivity index is 1.98. The van der Waals surface area contributed by atoms with Crippen LogP contribution >= 0.6 is 11.3 Å². The van der Waals surface area contributed by atoms with Crippen molar-refractivity contribution < 1.29 is 4.74 Å². The first-order valence-electron chi connectivity index (χ1n) is 7.54. The van der Waals surface area contributed by atoms with Crippen LogP contribution in [0.1, 0.15) is 39.0 Å². The fraction of sp³-hybridized carbons (Fsp3) is 0.750. The molecule has 5 unspecified atom stereocenters. The minimum Gasteiger partial charge on any atom is -0.375 e. The summed E-state index contributed by atoms with van der Waals surface area (Å²) in [7, 11) is 0. The van der Waals surface area contributed by atoms with Gasteiger partial charge in [-0.3, -0.25) is 0 Å². The molecule has 1 fully saturated rings. The van der Waals surface area contributed by atoms with E-state index in [1.54, 1.807) is 0 Å². The van der Waals surface area contributed by atoms with Gasteiger partial charge in [0, 0.05) is 16.8 Å². The van der Waals surface area contributed by atoms with Crippen molar-refractivity contribution in [2.45, 2.75) is 58.8 Å². The van der Waals surface area contributed by atoms with Gasteiger partial charge in [-0.15, -0.1) is 11.3 Å². The Morgan fingerprint density at radius 1 is 1.32 bits per heavy atom. The number of rotatable bonds is 6. The van der Waals surface area contributed by atoms with E-state index < -0.39 is 0 Å². The lowest BCUT2D eigenvalue weighted by atomic mass is 9.81. The molecule has 1 N–H and O–H groups in total. The topological polar surface area (TPSA) is 21.3 Å². The van der Waals surface area contributed by atoms with Gasteiger partial charge < -0.3 is 10.1 Å². The second-order valence-corrected chi connectivity index (χ2v) is 6.80. The Hall–Kier alpha value is -0.380. The summed E-state index contributed by atoms with van der Waals surface area (Å²) in [6, 6.07) is 4.96. The first-order chi connectivity index (χ1) is 9.13. The predicted molar refractivity (Wildman–Crippen MR) is 82.8 cm³/mol. The van der Waals surface area contributed by atoms with Crippen LogP contribution < -0.4 is 5.32 Å². The lowest BCUT2D eigenvalue weighted by Gasteiger charge is -2.29. The Labute approximate surface area is 121 Å². The first-order valence-corrected chi connectivity index (χ1v) is 8.42. The van der Waals surface area contributed by atoms with Crippen molar-refractivity contribution in [3.8, 4) is 0 Å². The van der Waals surface area contributed by atoms with Crippen LogP contribution in [0, 0.1) is 11.8 Å². The van der Waals surface area contributed by atoms with E-state index in [4.69, 9.17) is 4.74 Å². The summed E-state index contributed by atoms with van der Waals surface area (Å²) in [5, 5.41) is 5.86. The molecule has 1 aromatic rings. The van der Waals surface area contributed by atoms with Crippen LogP contribution in [-0.2, 0) is 11.2 Å². The third-order valence-corrected chi connectivity index (χ3v) is 5.47. The van der Waals surface area contributed by atoms with Crippen molar-refractivity contribution in [2.24, 2.45) is 11.8 Å². The van der Waals surface area contributed by atoms with Crippen LogP contribution in [0.5, 0.6) is 0 Å². The normalized spacial score (nSPS) is 32.6. The molecule has 0 saturated carbocycles. The van der Waals surface area contributed by atoms with Gasteiger partial charge in [-0.2, -0.15) is 0 Å². The molecule has 0 radical (unpaired) electrons. The summed E-state index contributed by atoms with van der Waals surface area (Å²) < 4.78 is 6.01. The highest BCUT2D eigenvalue weighted by molar-refractivity contribution is 7.09. The van der Waals surface area contributed by atoms with Crippen molar-refractivity contribution in [3.63, 3.8) is 0 Å². The number of hydrogen-bond acceptors (Lipinski definition) is 3. The molecular weight excluding hydrogens is 254 g/mol. The van der Waals surface area contributed by atoms with Crippen LogP contribution in [-0.4, -0.2) is 24.8 Å². The van der Waals surface area contributed by atoms with Crippen molar-refractivity contribution in [2.75, 3.05) is 6.54 Å². The summed E-state index contributed by atoms with van der Waals surface area (Å²) in [4.78, 5) is 1.50. The highest BCUT2D eigenvalue weighted by Crippen LogP contribution is 2.35. The van der Waals surface area contributed by atoms with E-state index in [-0.39, 0.29) is 0 Å². The van der Waals surface area contributed by atoms with Gasteiger partial charge >= 0.3 is 0 Å². The zero-order valence-electron chi connectivity index (χ0n) is 12.6. The average molecular weight is 281 g/mol. The summed E-state index contributed by atoms with van der Waals surface area (Å²) in [6.07, 6.45) is 3.16. The van der Waals surface area contributed by atoms with Crippen molar-refractivity contribution in [3.05, 3.63) is 22.4 Å². The van der Waals surface area contributed by atoms with E-state index in [0.29, 0.717) is 30.1 Å². The molecule has 0 bridgehead atoms. The maximum atomic E-state index is 6.01. The van der Waals surface area contributed by atoms with Crippen LogP contribution in [0.2, 0.25) is 0 Å². The zero-order chi connectivity index (χ0) is 13.8. The standard InChI is InChI=1S/C16H27NOS/c1-5-17-15(9-8-14-7-6-10-19-14)16-11(2)12(3)18-13(16)4/h6-7,10-13,15-17H,5,8-9H2,1-4H3. The van der Waals surface area contributed by atoms with E-state index in [1.807, 2.05) is 11.3 Å². The van der Waals surface area contributed by atoms with E-state index in [0.717, 1.165) is 6.54 Å². The molecule has 3 heteroatoms. The number of nitrogens with one attached hydrogen (secondary N) is 1. The first kappa shape index (κ1) is 15.0. The minimum absolute atomic E-state index is 0.373. The molecule has 2 rings (SSSR count). The second-order valence-electron chi connectivity index (χ2n) is 5.76. The second kappa shape index (κ2) is 6.87. The Bertz CT molecular complexity index is 365. The van der Waals surface area contributed by atoms with Crippen LogP contribution in [0.25, 0.3) is 0 Å². The molecule has 1 aliphatic heterocycles. The van der Waals surface area contributed by atoms with Gasteiger partial charge in [0.25, 0.3) is 0 Å². The maximum absolute atomic E-state index is 6.01. The zero-order valence-corrected chi connectivity index (χ0v) is 13.4. The smallest absolute Gasteiger partial charge is 0.0597 e.